The van der Waals surface area contributed by atoms with Gasteiger partial charge in [-0.15, -0.1) is 11.3 Å². The van der Waals surface area contributed by atoms with Gasteiger partial charge in [-0.2, -0.15) is 0 Å². The molecule has 0 saturated heterocycles. The molecule has 0 radical (unpaired) electrons. The van der Waals surface area contributed by atoms with Crippen molar-refractivity contribution < 1.29 is 9.21 Å². The summed E-state index contributed by atoms with van der Waals surface area (Å²) in [5, 5.41) is 6.42. The number of carbonyl (C=O) groups is 1. The Kier molecular flexibility index (Phi) is 5.03. The second-order valence-corrected chi connectivity index (χ2v) is 7.63. The molecule has 0 aliphatic heterocycles. The number of hydrogen-bond acceptors (Lipinski definition) is 4. The number of furan rings is 1. The summed E-state index contributed by atoms with van der Waals surface area (Å²) >= 11 is 1.62. The highest BCUT2D eigenvalue weighted by Gasteiger charge is 2.13. The van der Waals surface area contributed by atoms with Gasteiger partial charge in [0.05, 0.1) is 29.9 Å². The molecular weight excluding hydrogens is 356 g/mol. The molecule has 2 heterocycles. The van der Waals surface area contributed by atoms with E-state index in [9.17, 15) is 4.79 Å². The van der Waals surface area contributed by atoms with E-state index in [0.29, 0.717) is 13.0 Å². The third kappa shape index (κ3) is 4.09. The first-order valence-corrected chi connectivity index (χ1v) is 9.71. The summed E-state index contributed by atoms with van der Waals surface area (Å²) in [6, 6.07) is 18.4. The summed E-state index contributed by atoms with van der Waals surface area (Å²) in [7, 11) is 0. The highest BCUT2D eigenvalue weighted by molar-refractivity contribution is 7.11. The molecule has 4 aromatic rings. The van der Waals surface area contributed by atoms with Gasteiger partial charge in [0, 0.05) is 11.3 Å². The Morgan fingerprint density at radius 3 is 2.81 bits per heavy atom. The Labute approximate surface area is 161 Å². The summed E-state index contributed by atoms with van der Waals surface area (Å²) in [5.41, 5.74) is 2.19. The highest BCUT2D eigenvalue weighted by atomic mass is 32.1. The van der Waals surface area contributed by atoms with E-state index < -0.39 is 0 Å². The Hall–Kier alpha value is -2.92. The maximum atomic E-state index is 12.2. The largest absolute Gasteiger partial charge is 0.467 e. The first-order valence-electron chi connectivity index (χ1n) is 8.90. The minimum absolute atomic E-state index is 0.0186. The molecule has 27 heavy (non-hydrogen) atoms. The number of rotatable bonds is 6. The van der Waals surface area contributed by atoms with Crippen LogP contribution in [0.3, 0.4) is 0 Å². The van der Waals surface area contributed by atoms with Crippen molar-refractivity contribution in [2.24, 2.45) is 0 Å². The monoisotopic (exact) mass is 376 g/mol. The highest BCUT2D eigenvalue weighted by Crippen LogP contribution is 2.25. The number of nitrogens with one attached hydrogen (secondary N) is 1. The minimum Gasteiger partial charge on any atom is -0.467 e. The predicted octanol–water partition coefficient (Wildman–Crippen LogP) is 4.65. The zero-order valence-electron chi connectivity index (χ0n) is 15.1. The van der Waals surface area contributed by atoms with Crippen LogP contribution >= 0.6 is 11.3 Å². The van der Waals surface area contributed by atoms with Gasteiger partial charge in [0.1, 0.15) is 5.76 Å². The molecule has 0 spiro atoms. The maximum Gasteiger partial charge on any atom is 0.225 e. The molecule has 0 bridgehead atoms. The fraction of sp³-hybridized carbons (Fsp3) is 0.182. The maximum absolute atomic E-state index is 12.2. The van der Waals surface area contributed by atoms with Crippen LogP contribution in [0.4, 0.5) is 0 Å². The Morgan fingerprint density at radius 1 is 1.11 bits per heavy atom. The van der Waals surface area contributed by atoms with Gasteiger partial charge in [-0.05, 0) is 35.4 Å². The normalized spacial score (nSPS) is 11.0. The summed E-state index contributed by atoms with van der Waals surface area (Å²) in [6.45, 7) is 2.38. The van der Waals surface area contributed by atoms with Crippen LogP contribution in [0.1, 0.15) is 26.9 Å². The SMILES string of the molecule is Cc1nc(Cc2cccc3ccccc23)sc1CC(=O)NCc1ccco1. The van der Waals surface area contributed by atoms with Crippen molar-refractivity contribution in [2.45, 2.75) is 26.3 Å². The van der Waals surface area contributed by atoms with Gasteiger partial charge in [0.2, 0.25) is 5.91 Å². The first-order chi connectivity index (χ1) is 13.2. The van der Waals surface area contributed by atoms with Crippen molar-refractivity contribution in [1.29, 1.82) is 0 Å². The van der Waals surface area contributed by atoms with E-state index in [-0.39, 0.29) is 5.91 Å². The lowest BCUT2D eigenvalue weighted by atomic mass is 10.0. The van der Waals surface area contributed by atoms with E-state index in [4.69, 9.17) is 9.40 Å². The number of amides is 1. The molecule has 4 rings (SSSR count). The molecule has 0 aliphatic carbocycles. The van der Waals surface area contributed by atoms with Gasteiger partial charge in [0.15, 0.2) is 0 Å². The lowest BCUT2D eigenvalue weighted by Crippen LogP contribution is -2.24. The van der Waals surface area contributed by atoms with E-state index in [2.05, 4.69) is 47.8 Å². The smallest absolute Gasteiger partial charge is 0.225 e. The molecule has 2 aromatic heterocycles. The fourth-order valence-corrected chi connectivity index (χ4v) is 4.24. The van der Waals surface area contributed by atoms with Crippen LogP contribution in [0, 0.1) is 6.92 Å². The molecule has 1 N–H and O–H groups in total. The number of carbonyl (C=O) groups excluding carboxylic acids is 1. The molecule has 1 amide bonds. The van der Waals surface area contributed by atoms with E-state index in [0.717, 1.165) is 27.8 Å². The fourth-order valence-electron chi connectivity index (χ4n) is 3.14. The molecule has 0 fully saturated rings. The van der Waals surface area contributed by atoms with Crippen LogP contribution in [-0.2, 0) is 24.2 Å². The zero-order chi connectivity index (χ0) is 18.6. The number of aryl methyl sites for hydroxylation is 1. The number of fused-ring (bicyclic) bond motifs is 1. The van der Waals surface area contributed by atoms with Gasteiger partial charge in [-0.3, -0.25) is 4.79 Å². The second-order valence-electron chi connectivity index (χ2n) is 6.46. The number of benzene rings is 2. The molecule has 0 atom stereocenters. The van der Waals surface area contributed by atoms with Gasteiger partial charge >= 0.3 is 0 Å². The average Bonchev–Trinajstić information content (AvgIpc) is 3.30. The zero-order valence-corrected chi connectivity index (χ0v) is 15.9. The van der Waals surface area contributed by atoms with Crippen LogP contribution in [-0.4, -0.2) is 10.9 Å². The van der Waals surface area contributed by atoms with Crippen molar-refractivity contribution >= 4 is 28.0 Å². The minimum atomic E-state index is -0.0186. The van der Waals surface area contributed by atoms with Crippen LogP contribution < -0.4 is 5.32 Å². The average molecular weight is 376 g/mol. The molecule has 0 unspecified atom stereocenters. The van der Waals surface area contributed by atoms with Crippen LogP contribution in [0.15, 0.2) is 65.3 Å². The van der Waals surface area contributed by atoms with Gasteiger partial charge in [-0.1, -0.05) is 42.5 Å². The van der Waals surface area contributed by atoms with Gasteiger partial charge in [0.25, 0.3) is 0 Å². The summed E-state index contributed by atoms with van der Waals surface area (Å²) in [6.07, 6.45) is 2.73. The third-order valence-corrected chi connectivity index (χ3v) is 5.68. The Bertz CT molecular complexity index is 1060. The van der Waals surface area contributed by atoms with E-state index >= 15 is 0 Å². The second kappa shape index (κ2) is 7.76. The molecular formula is C22H20N2O2S. The van der Waals surface area contributed by atoms with Crippen molar-refractivity contribution in [3.8, 4) is 0 Å². The molecule has 136 valence electrons. The molecule has 5 heteroatoms. The summed E-state index contributed by atoms with van der Waals surface area (Å²) in [4.78, 5) is 17.9. The number of hydrogen-bond donors (Lipinski definition) is 1. The number of nitrogens with zero attached hydrogens (tertiary/aromatic N) is 1. The van der Waals surface area contributed by atoms with E-state index in [1.165, 1.54) is 16.3 Å². The lowest BCUT2D eigenvalue weighted by Gasteiger charge is -2.04. The van der Waals surface area contributed by atoms with E-state index in [1.807, 2.05) is 19.1 Å². The summed E-state index contributed by atoms with van der Waals surface area (Å²) < 4.78 is 5.24. The summed E-state index contributed by atoms with van der Waals surface area (Å²) in [5.74, 6) is 0.732. The van der Waals surface area contributed by atoms with E-state index in [1.54, 1.807) is 17.6 Å². The predicted molar refractivity (Wildman–Crippen MR) is 108 cm³/mol. The van der Waals surface area contributed by atoms with Crippen LogP contribution in [0.5, 0.6) is 0 Å². The van der Waals surface area contributed by atoms with Gasteiger partial charge in [-0.25, -0.2) is 4.98 Å². The van der Waals surface area contributed by atoms with Gasteiger partial charge < -0.3 is 9.73 Å². The third-order valence-electron chi connectivity index (χ3n) is 4.52. The Balaban J connectivity index is 1.45. The quantitative estimate of drug-likeness (QED) is 0.533. The van der Waals surface area contributed by atoms with Crippen molar-refractivity contribution in [1.82, 2.24) is 10.3 Å². The lowest BCUT2D eigenvalue weighted by molar-refractivity contribution is -0.120. The van der Waals surface area contributed by atoms with Crippen molar-refractivity contribution in [3.05, 3.63) is 87.8 Å². The Morgan fingerprint density at radius 2 is 1.96 bits per heavy atom. The molecule has 0 saturated carbocycles. The molecule has 4 nitrogen and oxygen atoms in total. The first kappa shape index (κ1) is 17.5. The van der Waals surface area contributed by atoms with Crippen LogP contribution in [0.2, 0.25) is 0 Å². The number of thiazole rings is 1. The van der Waals surface area contributed by atoms with Crippen molar-refractivity contribution in [3.63, 3.8) is 0 Å². The topological polar surface area (TPSA) is 55.1 Å². The van der Waals surface area contributed by atoms with Crippen molar-refractivity contribution in [2.75, 3.05) is 0 Å². The van der Waals surface area contributed by atoms with Crippen LogP contribution in [0.25, 0.3) is 10.8 Å². The number of aromatic nitrogens is 1. The molecule has 2 aromatic carbocycles. The molecule has 0 aliphatic rings. The standard InChI is InChI=1S/C22H20N2O2S/c1-15-20(13-21(25)23-14-18-9-5-11-26-18)27-22(24-15)12-17-8-4-7-16-6-2-3-10-19(16)17/h2-11H,12-14H2,1H3,(H,23,25).